The van der Waals surface area contributed by atoms with Crippen molar-refractivity contribution in [2.45, 2.75) is 26.4 Å². The van der Waals surface area contributed by atoms with Gasteiger partial charge in [-0.2, -0.15) is 0 Å². The van der Waals surface area contributed by atoms with E-state index in [9.17, 15) is 18.8 Å². The number of allylic oxidation sites excluding steroid dienone is 1. The van der Waals surface area contributed by atoms with Crippen molar-refractivity contribution >= 4 is 57.8 Å². The van der Waals surface area contributed by atoms with Gasteiger partial charge >= 0.3 is 6.09 Å². The first-order valence-electron chi connectivity index (χ1n) is 11.8. The maximum absolute atomic E-state index is 13.7. The summed E-state index contributed by atoms with van der Waals surface area (Å²) in [5, 5.41) is 2.79. The van der Waals surface area contributed by atoms with Gasteiger partial charge in [0.2, 0.25) is 5.91 Å². The van der Waals surface area contributed by atoms with E-state index in [1.807, 2.05) is 25.7 Å². The third-order valence-corrected chi connectivity index (χ3v) is 6.81. The first-order chi connectivity index (χ1) is 17.5. The number of carbonyl (C=O) groups is 3. The Hall–Kier alpha value is -3.24. The van der Waals surface area contributed by atoms with E-state index >= 15 is 0 Å². The summed E-state index contributed by atoms with van der Waals surface area (Å²) in [5.74, 6) is -0.756. The number of hydrogen-bond donors (Lipinski definition) is 1. The molecule has 1 fully saturated rings. The van der Waals surface area contributed by atoms with E-state index < -0.39 is 11.4 Å². The molecule has 0 atom stereocenters. The van der Waals surface area contributed by atoms with Gasteiger partial charge in [-0.05, 0) is 63.3 Å². The molecule has 1 aliphatic heterocycles. The summed E-state index contributed by atoms with van der Waals surface area (Å²) in [6.45, 7) is 7.66. The fourth-order valence-corrected chi connectivity index (χ4v) is 4.45. The minimum atomic E-state index is -0.539. The monoisotopic (exact) mass is 543 g/mol. The van der Waals surface area contributed by atoms with Crippen LogP contribution in [0.2, 0.25) is 0 Å². The summed E-state index contributed by atoms with van der Waals surface area (Å²) in [6.07, 6.45) is 2.42. The van der Waals surface area contributed by atoms with Crippen molar-refractivity contribution in [3.63, 3.8) is 0 Å². The Morgan fingerprint density at radius 2 is 1.65 bits per heavy atom. The van der Waals surface area contributed by atoms with Gasteiger partial charge in [0.15, 0.2) is 5.78 Å². The maximum Gasteiger partial charge on any atom is 0.410 e. The molecule has 0 aliphatic carbocycles. The van der Waals surface area contributed by atoms with Crippen LogP contribution < -0.4 is 5.32 Å². The Morgan fingerprint density at radius 3 is 2.27 bits per heavy atom. The van der Waals surface area contributed by atoms with Crippen molar-refractivity contribution in [3.05, 3.63) is 71.6 Å². The third kappa shape index (κ3) is 8.98. The van der Waals surface area contributed by atoms with E-state index in [0.717, 1.165) is 0 Å². The van der Waals surface area contributed by atoms with Gasteiger partial charge in [0.1, 0.15) is 15.7 Å². The zero-order chi connectivity index (χ0) is 27.0. The zero-order valence-corrected chi connectivity index (χ0v) is 22.7. The van der Waals surface area contributed by atoms with E-state index in [1.165, 1.54) is 30.0 Å². The predicted octanol–water partition coefficient (Wildman–Crippen LogP) is 5.23. The Kier molecular flexibility index (Phi) is 9.82. The van der Waals surface area contributed by atoms with Gasteiger partial charge < -0.3 is 19.9 Å². The van der Waals surface area contributed by atoms with E-state index in [4.69, 9.17) is 17.0 Å². The lowest BCUT2D eigenvalue weighted by Crippen LogP contribution is -2.50. The molecule has 0 saturated carbocycles. The van der Waals surface area contributed by atoms with Crippen LogP contribution in [-0.4, -0.2) is 69.4 Å². The van der Waals surface area contributed by atoms with Crippen molar-refractivity contribution in [1.82, 2.24) is 9.80 Å². The normalized spacial score (nSPS) is 13.9. The summed E-state index contributed by atoms with van der Waals surface area (Å²) in [6, 6.07) is 12.7. The fraction of sp³-hybridized carbons (Fsp3) is 0.333. The van der Waals surface area contributed by atoms with Gasteiger partial charge in [0.05, 0.1) is 5.75 Å². The number of anilines is 1. The van der Waals surface area contributed by atoms with Crippen molar-refractivity contribution in [2.24, 2.45) is 0 Å². The maximum atomic E-state index is 13.7. The standard InChI is InChI=1S/C27H30FN3O4S2/c1-27(2,3)35-25(34)30-14-16-31(17-15-30)26(36)37-18-24(33)29-21-11-8-20(9-12-21)23(32)13-10-19-6-4-5-7-22(19)28/h4-13H,14-18H2,1-3H3,(H,29,33)/b13-10+. The largest absolute Gasteiger partial charge is 0.444 e. The number of ketones is 1. The molecular formula is C27H30FN3O4S2. The highest BCUT2D eigenvalue weighted by Gasteiger charge is 2.26. The average Bonchev–Trinajstić information content (AvgIpc) is 2.86. The van der Waals surface area contributed by atoms with Crippen LogP contribution >= 0.6 is 24.0 Å². The first-order valence-corrected chi connectivity index (χ1v) is 13.2. The summed E-state index contributed by atoms with van der Waals surface area (Å²) in [4.78, 5) is 40.6. The molecule has 2 aromatic rings. The van der Waals surface area contributed by atoms with Gasteiger partial charge in [-0.25, -0.2) is 9.18 Å². The number of rotatable bonds is 6. The second kappa shape index (κ2) is 12.8. The summed E-state index contributed by atoms with van der Waals surface area (Å²) in [7, 11) is 0. The van der Waals surface area contributed by atoms with E-state index in [-0.39, 0.29) is 23.5 Å². The molecular weight excluding hydrogens is 513 g/mol. The van der Waals surface area contributed by atoms with Crippen LogP contribution in [0.1, 0.15) is 36.7 Å². The van der Waals surface area contributed by atoms with Gasteiger partial charge in [-0.15, -0.1) is 0 Å². The van der Waals surface area contributed by atoms with Crippen molar-refractivity contribution in [2.75, 3.05) is 37.2 Å². The van der Waals surface area contributed by atoms with Crippen molar-refractivity contribution in [3.8, 4) is 0 Å². The number of halogens is 1. The zero-order valence-electron chi connectivity index (χ0n) is 21.0. The summed E-state index contributed by atoms with van der Waals surface area (Å²) < 4.78 is 19.7. The molecule has 1 heterocycles. The molecule has 0 bridgehead atoms. The predicted molar refractivity (Wildman–Crippen MR) is 149 cm³/mol. The quantitative estimate of drug-likeness (QED) is 0.304. The molecule has 0 aromatic heterocycles. The molecule has 0 radical (unpaired) electrons. The number of piperazine rings is 1. The van der Waals surface area contributed by atoms with Gasteiger partial charge in [-0.1, -0.05) is 42.2 Å². The fourth-order valence-electron chi connectivity index (χ4n) is 3.40. The van der Waals surface area contributed by atoms with Crippen LogP contribution in [0.15, 0.2) is 54.6 Å². The molecule has 3 rings (SSSR count). The van der Waals surface area contributed by atoms with E-state index in [1.54, 1.807) is 47.4 Å². The minimum Gasteiger partial charge on any atom is -0.444 e. The van der Waals surface area contributed by atoms with Crippen molar-refractivity contribution < 1.29 is 23.5 Å². The third-order valence-electron chi connectivity index (χ3n) is 5.29. The van der Waals surface area contributed by atoms with Crippen LogP contribution in [-0.2, 0) is 9.53 Å². The number of hydrogen-bond acceptors (Lipinski definition) is 6. The lowest BCUT2D eigenvalue weighted by Gasteiger charge is -2.36. The number of amides is 2. The van der Waals surface area contributed by atoms with Crippen LogP contribution in [0.5, 0.6) is 0 Å². The highest BCUT2D eigenvalue weighted by Crippen LogP contribution is 2.17. The lowest BCUT2D eigenvalue weighted by atomic mass is 10.1. The number of carbonyl (C=O) groups excluding carboxylic acids is 3. The highest BCUT2D eigenvalue weighted by atomic mass is 32.2. The number of thioether (sulfide) groups is 1. The molecule has 7 nitrogen and oxygen atoms in total. The Bertz CT molecular complexity index is 1170. The first kappa shape index (κ1) is 28.3. The lowest BCUT2D eigenvalue weighted by molar-refractivity contribution is -0.113. The number of nitrogens with zero attached hydrogens (tertiary/aromatic N) is 2. The second-order valence-corrected chi connectivity index (χ2v) is 11.0. The van der Waals surface area contributed by atoms with Gasteiger partial charge in [0, 0.05) is 43.0 Å². The van der Waals surface area contributed by atoms with Crippen LogP contribution in [0, 0.1) is 5.82 Å². The Balaban J connectivity index is 1.41. The molecule has 2 amide bonds. The smallest absolute Gasteiger partial charge is 0.410 e. The van der Waals surface area contributed by atoms with E-state index in [0.29, 0.717) is 47.3 Å². The van der Waals surface area contributed by atoms with E-state index in [2.05, 4.69) is 5.32 Å². The van der Waals surface area contributed by atoms with Gasteiger partial charge in [0.25, 0.3) is 0 Å². The summed E-state index contributed by atoms with van der Waals surface area (Å²) in [5.41, 5.74) is 0.770. The molecule has 1 aliphatic rings. The highest BCUT2D eigenvalue weighted by molar-refractivity contribution is 8.23. The molecule has 0 spiro atoms. The second-order valence-electron chi connectivity index (χ2n) is 9.35. The number of thiocarbonyl (C=S) groups is 1. The van der Waals surface area contributed by atoms with Crippen LogP contribution in [0.4, 0.5) is 14.9 Å². The molecule has 1 saturated heterocycles. The Morgan fingerprint density at radius 1 is 1.03 bits per heavy atom. The number of nitrogens with one attached hydrogen (secondary N) is 1. The minimum absolute atomic E-state index is 0.136. The number of benzene rings is 2. The summed E-state index contributed by atoms with van der Waals surface area (Å²) >= 11 is 6.73. The molecule has 10 heteroatoms. The molecule has 0 unspecified atom stereocenters. The van der Waals surface area contributed by atoms with Crippen LogP contribution in [0.3, 0.4) is 0 Å². The van der Waals surface area contributed by atoms with Crippen LogP contribution in [0.25, 0.3) is 6.08 Å². The SMILES string of the molecule is CC(C)(C)OC(=O)N1CCN(C(=S)SCC(=O)Nc2ccc(C(=O)/C=C/c3ccccc3F)cc2)CC1. The topological polar surface area (TPSA) is 79.0 Å². The molecule has 37 heavy (non-hydrogen) atoms. The average molecular weight is 544 g/mol. The molecule has 1 N–H and O–H groups in total. The Labute approximate surface area is 226 Å². The van der Waals surface area contributed by atoms with Gasteiger partial charge in [-0.3, -0.25) is 9.59 Å². The van der Waals surface area contributed by atoms with Crippen molar-refractivity contribution in [1.29, 1.82) is 0 Å². The number of ether oxygens (including phenoxy) is 1. The molecule has 196 valence electrons. The molecule has 2 aromatic carbocycles.